The van der Waals surface area contributed by atoms with Gasteiger partial charge in [-0.15, -0.1) is 10.2 Å². The molecule has 136 valence electrons. The Kier molecular flexibility index (Phi) is 4.71. The van der Waals surface area contributed by atoms with E-state index in [0.717, 1.165) is 34.9 Å². The number of piperidine rings is 1. The van der Waals surface area contributed by atoms with Crippen molar-refractivity contribution in [1.82, 2.24) is 24.7 Å². The van der Waals surface area contributed by atoms with Gasteiger partial charge in [-0.3, -0.25) is 0 Å². The van der Waals surface area contributed by atoms with Crippen molar-refractivity contribution in [3.05, 3.63) is 36.7 Å². The molecule has 1 saturated heterocycles. The topological polar surface area (TPSA) is 67.6 Å². The van der Waals surface area contributed by atoms with Gasteiger partial charge in [0.05, 0.1) is 18.5 Å². The summed E-state index contributed by atoms with van der Waals surface area (Å²) in [5.41, 5.74) is 3.65. The third-order valence-electron chi connectivity index (χ3n) is 5.07. The number of benzene rings is 1. The molecule has 4 rings (SSSR count). The molecule has 3 aromatic rings. The van der Waals surface area contributed by atoms with Crippen molar-refractivity contribution < 1.29 is 4.74 Å². The Bertz CT molecular complexity index is 867. The fraction of sp³-hybridized carbons (Fsp3) is 0.421. The molecule has 0 aliphatic carbocycles. The van der Waals surface area contributed by atoms with Gasteiger partial charge < -0.3 is 15.0 Å². The van der Waals surface area contributed by atoms with Gasteiger partial charge in [0.1, 0.15) is 12.1 Å². The van der Waals surface area contributed by atoms with E-state index in [9.17, 15) is 0 Å². The number of hydrogen-bond donors (Lipinski definition) is 1. The summed E-state index contributed by atoms with van der Waals surface area (Å²) in [4.78, 5) is 2.39. The summed E-state index contributed by atoms with van der Waals surface area (Å²) in [6.45, 7) is 3.28. The molecule has 2 aromatic heterocycles. The van der Waals surface area contributed by atoms with Crippen LogP contribution in [-0.4, -0.2) is 58.5 Å². The quantitative estimate of drug-likeness (QED) is 0.761. The smallest absolute Gasteiger partial charge is 0.200 e. The van der Waals surface area contributed by atoms with E-state index in [1.54, 1.807) is 18.0 Å². The molecular formula is C19H24N6O. The number of rotatable bonds is 5. The van der Waals surface area contributed by atoms with Gasteiger partial charge in [-0.2, -0.15) is 9.61 Å². The molecular weight excluding hydrogens is 328 g/mol. The standard InChI is InChI=1S/C19H24N6O/c1-24-9-7-14(8-10-24)12-20-18-11-17(23-25-13-21-22-19(18)25)15-3-5-16(26-2)6-4-15/h3-6,11,13-14,20H,7-10,12H2,1-2H3. The maximum absolute atomic E-state index is 5.24. The Hall–Kier alpha value is -2.67. The predicted molar refractivity (Wildman–Crippen MR) is 101 cm³/mol. The second-order valence-corrected chi connectivity index (χ2v) is 6.90. The Morgan fingerprint density at radius 3 is 2.69 bits per heavy atom. The number of methoxy groups -OCH3 is 1. The first kappa shape index (κ1) is 16.8. The minimum absolute atomic E-state index is 0.687. The number of hydrogen-bond acceptors (Lipinski definition) is 6. The molecule has 0 atom stereocenters. The lowest BCUT2D eigenvalue weighted by Gasteiger charge is -2.29. The predicted octanol–water partition coefficient (Wildman–Crippen LogP) is 2.55. The van der Waals surface area contributed by atoms with E-state index in [1.807, 2.05) is 24.3 Å². The molecule has 0 radical (unpaired) electrons. The van der Waals surface area contributed by atoms with E-state index in [4.69, 9.17) is 4.74 Å². The van der Waals surface area contributed by atoms with Crippen LogP contribution in [0, 0.1) is 5.92 Å². The SMILES string of the molecule is COc1ccc(-c2cc(NCC3CCN(C)CC3)c3nncn3n2)cc1. The van der Waals surface area contributed by atoms with Crippen molar-refractivity contribution in [1.29, 1.82) is 0 Å². The summed E-state index contributed by atoms with van der Waals surface area (Å²) in [6.07, 6.45) is 4.09. The number of nitrogens with one attached hydrogen (secondary N) is 1. The maximum Gasteiger partial charge on any atom is 0.200 e. The van der Waals surface area contributed by atoms with Crippen LogP contribution in [0.15, 0.2) is 36.7 Å². The van der Waals surface area contributed by atoms with Gasteiger partial charge >= 0.3 is 0 Å². The first-order valence-electron chi connectivity index (χ1n) is 9.01. The highest BCUT2D eigenvalue weighted by Crippen LogP contribution is 2.26. The van der Waals surface area contributed by atoms with Crippen LogP contribution >= 0.6 is 0 Å². The fourth-order valence-corrected chi connectivity index (χ4v) is 3.38. The van der Waals surface area contributed by atoms with Gasteiger partial charge in [0.15, 0.2) is 0 Å². The van der Waals surface area contributed by atoms with Gasteiger partial charge in [-0.1, -0.05) is 0 Å². The van der Waals surface area contributed by atoms with E-state index in [-0.39, 0.29) is 0 Å². The number of fused-ring (bicyclic) bond motifs is 1. The van der Waals surface area contributed by atoms with Crippen LogP contribution in [0.2, 0.25) is 0 Å². The molecule has 1 aromatic carbocycles. The molecule has 0 unspecified atom stereocenters. The van der Waals surface area contributed by atoms with Crippen molar-refractivity contribution in [2.24, 2.45) is 5.92 Å². The molecule has 0 bridgehead atoms. The third-order valence-corrected chi connectivity index (χ3v) is 5.07. The molecule has 3 heterocycles. The second-order valence-electron chi connectivity index (χ2n) is 6.90. The van der Waals surface area contributed by atoms with Crippen LogP contribution in [0.5, 0.6) is 5.75 Å². The average molecular weight is 352 g/mol. The molecule has 0 saturated carbocycles. The highest BCUT2D eigenvalue weighted by Gasteiger charge is 2.17. The lowest BCUT2D eigenvalue weighted by atomic mass is 9.97. The highest BCUT2D eigenvalue weighted by atomic mass is 16.5. The summed E-state index contributed by atoms with van der Waals surface area (Å²) in [7, 11) is 3.86. The van der Waals surface area contributed by atoms with Crippen molar-refractivity contribution in [2.75, 3.05) is 39.1 Å². The Morgan fingerprint density at radius 2 is 1.96 bits per heavy atom. The molecule has 7 heteroatoms. The minimum Gasteiger partial charge on any atom is -0.497 e. The van der Waals surface area contributed by atoms with Gasteiger partial charge in [-0.05, 0) is 69.2 Å². The van der Waals surface area contributed by atoms with Gasteiger partial charge in [0, 0.05) is 12.1 Å². The number of likely N-dealkylation sites (tertiary alicyclic amines) is 1. The molecule has 1 fully saturated rings. The van der Waals surface area contributed by atoms with E-state index >= 15 is 0 Å². The Labute approximate surface area is 153 Å². The van der Waals surface area contributed by atoms with E-state index in [2.05, 4.69) is 38.6 Å². The molecule has 26 heavy (non-hydrogen) atoms. The Balaban J connectivity index is 1.58. The van der Waals surface area contributed by atoms with Crippen molar-refractivity contribution in [3.63, 3.8) is 0 Å². The minimum atomic E-state index is 0.687. The molecule has 0 amide bonds. The van der Waals surface area contributed by atoms with E-state index < -0.39 is 0 Å². The highest BCUT2D eigenvalue weighted by molar-refractivity contribution is 5.73. The zero-order valence-corrected chi connectivity index (χ0v) is 15.2. The maximum atomic E-state index is 5.24. The number of aromatic nitrogens is 4. The lowest BCUT2D eigenvalue weighted by molar-refractivity contribution is 0.226. The number of ether oxygens (including phenoxy) is 1. The molecule has 1 aliphatic rings. The summed E-state index contributed by atoms with van der Waals surface area (Å²) >= 11 is 0. The summed E-state index contributed by atoms with van der Waals surface area (Å²) < 4.78 is 6.97. The van der Waals surface area contributed by atoms with Crippen LogP contribution < -0.4 is 10.1 Å². The van der Waals surface area contributed by atoms with E-state index in [1.165, 1.54) is 25.9 Å². The molecule has 7 nitrogen and oxygen atoms in total. The van der Waals surface area contributed by atoms with Crippen LogP contribution in [-0.2, 0) is 0 Å². The number of nitrogens with zero attached hydrogens (tertiary/aromatic N) is 5. The average Bonchev–Trinajstić information content (AvgIpc) is 3.16. The van der Waals surface area contributed by atoms with Gasteiger partial charge in [0.2, 0.25) is 5.65 Å². The normalized spacial score (nSPS) is 16.1. The van der Waals surface area contributed by atoms with E-state index in [0.29, 0.717) is 5.92 Å². The van der Waals surface area contributed by atoms with Crippen LogP contribution in [0.1, 0.15) is 12.8 Å². The summed E-state index contributed by atoms with van der Waals surface area (Å²) in [5, 5.41) is 16.4. The largest absolute Gasteiger partial charge is 0.497 e. The second kappa shape index (κ2) is 7.29. The molecule has 1 N–H and O–H groups in total. The lowest BCUT2D eigenvalue weighted by Crippen LogP contribution is -2.33. The summed E-state index contributed by atoms with van der Waals surface area (Å²) in [6, 6.07) is 9.97. The zero-order valence-electron chi connectivity index (χ0n) is 15.2. The van der Waals surface area contributed by atoms with Crippen LogP contribution in [0.4, 0.5) is 5.69 Å². The summed E-state index contributed by atoms with van der Waals surface area (Å²) in [5.74, 6) is 1.52. The monoisotopic (exact) mass is 352 g/mol. The van der Waals surface area contributed by atoms with Crippen molar-refractivity contribution in [3.8, 4) is 17.0 Å². The van der Waals surface area contributed by atoms with Crippen LogP contribution in [0.3, 0.4) is 0 Å². The number of anilines is 1. The zero-order chi connectivity index (χ0) is 17.9. The van der Waals surface area contributed by atoms with Crippen molar-refractivity contribution in [2.45, 2.75) is 12.8 Å². The van der Waals surface area contributed by atoms with Gasteiger partial charge in [-0.25, -0.2) is 0 Å². The van der Waals surface area contributed by atoms with Crippen LogP contribution in [0.25, 0.3) is 16.9 Å². The van der Waals surface area contributed by atoms with Crippen molar-refractivity contribution >= 4 is 11.3 Å². The third kappa shape index (κ3) is 3.48. The fourth-order valence-electron chi connectivity index (χ4n) is 3.38. The van der Waals surface area contributed by atoms with Gasteiger partial charge in [0.25, 0.3) is 0 Å². The molecule has 1 aliphatic heterocycles. The first-order valence-corrected chi connectivity index (χ1v) is 9.01. The first-order chi connectivity index (χ1) is 12.7. The molecule has 0 spiro atoms. The Morgan fingerprint density at radius 1 is 1.19 bits per heavy atom.